The lowest BCUT2D eigenvalue weighted by Crippen LogP contribution is -2.54. The first-order valence-electron chi connectivity index (χ1n) is 9.42. The highest BCUT2D eigenvalue weighted by atomic mass is 16.3. The number of carbonyl (C=O) groups is 1. The summed E-state index contributed by atoms with van der Waals surface area (Å²) in [7, 11) is 0. The van der Waals surface area contributed by atoms with Crippen LogP contribution in [0.25, 0.3) is 0 Å². The Bertz CT molecular complexity index is 539. The van der Waals surface area contributed by atoms with E-state index in [9.17, 15) is 9.90 Å². The van der Waals surface area contributed by atoms with Gasteiger partial charge in [-0.15, -0.1) is 0 Å². The number of dihydropyridines is 1. The van der Waals surface area contributed by atoms with E-state index in [4.69, 9.17) is 0 Å². The molecule has 3 fully saturated rings. The normalized spacial score (nSPS) is 40.3. The Morgan fingerprint density at radius 1 is 1.21 bits per heavy atom. The van der Waals surface area contributed by atoms with Crippen LogP contribution >= 0.6 is 0 Å². The molecule has 131 valence electrons. The van der Waals surface area contributed by atoms with Crippen molar-refractivity contribution in [1.29, 1.82) is 0 Å². The van der Waals surface area contributed by atoms with Crippen LogP contribution in [0.2, 0.25) is 0 Å². The monoisotopic (exact) mass is 330 g/mol. The van der Waals surface area contributed by atoms with E-state index in [1.165, 1.54) is 0 Å². The molecule has 5 heteroatoms. The summed E-state index contributed by atoms with van der Waals surface area (Å²) in [6.45, 7) is 2.79. The first-order valence-corrected chi connectivity index (χ1v) is 9.42. The van der Waals surface area contributed by atoms with Gasteiger partial charge < -0.3 is 15.3 Å². The molecule has 1 aliphatic carbocycles. The van der Waals surface area contributed by atoms with E-state index < -0.39 is 0 Å². The largest absolute Gasteiger partial charge is 0.393 e. The third kappa shape index (κ3) is 2.88. The van der Waals surface area contributed by atoms with Crippen LogP contribution in [0.5, 0.6) is 0 Å². The maximum Gasteiger partial charge on any atom is 0.230 e. The zero-order valence-electron chi connectivity index (χ0n) is 14.3. The summed E-state index contributed by atoms with van der Waals surface area (Å²) < 4.78 is 0. The third-order valence-electron chi connectivity index (χ3n) is 6.36. The van der Waals surface area contributed by atoms with Crippen molar-refractivity contribution in [3.8, 4) is 0 Å². The second-order valence-electron chi connectivity index (χ2n) is 7.85. The minimum Gasteiger partial charge on any atom is -0.393 e. The highest BCUT2D eigenvalue weighted by molar-refractivity contribution is 5.85. The maximum absolute atomic E-state index is 13.3. The third-order valence-corrected chi connectivity index (χ3v) is 6.36. The van der Waals surface area contributed by atoms with Crippen molar-refractivity contribution in [1.82, 2.24) is 15.1 Å². The van der Waals surface area contributed by atoms with Gasteiger partial charge in [-0.05, 0) is 57.1 Å². The molecule has 1 unspecified atom stereocenters. The van der Waals surface area contributed by atoms with Gasteiger partial charge in [0.2, 0.25) is 5.91 Å². The van der Waals surface area contributed by atoms with Gasteiger partial charge >= 0.3 is 0 Å². The number of nitrogens with one attached hydrogen (secondary N) is 1. The van der Waals surface area contributed by atoms with E-state index in [1.54, 1.807) is 0 Å². The molecule has 1 radical (unpaired) electrons. The fourth-order valence-corrected chi connectivity index (χ4v) is 4.96. The predicted molar refractivity (Wildman–Crippen MR) is 91.7 cm³/mol. The van der Waals surface area contributed by atoms with E-state index in [2.05, 4.69) is 27.3 Å². The molecule has 0 aromatic heterocycles. The van der Waals surface area contributed by atoms with Crippen LogP contribution in [-0.4, -0.2) is 58.8 Å². The van der Waals surface area contributed by atoms with Crippen molar-refractivity contribution in [2.24, 2.45) is 5.41 Å². The van der Waals surface area contributed by atoms with E-state index in [0.29, 0.717) is 11.9 Å². The van der Waals surface area contributed by atoms with E-state index in [0.717, 1.165) is 64.6 Å². The van der Waals surface area contributed by atoms with Gasteiger partial charge in [-0.25, -0.2) is 0 Å². The summed E-state index contributed by atoms with van der Waals surface area (Å²) in [5.74, 6) is 0.371. The number of aliphatic hydroxyl groups is 1. The summed E-state index contributed by atoms with van der Waals surface area (Å²) in [6, 6.07) is 0.348. The van der Waals surface area contributed by atoms with Crippen molar-refractivity contribution in [2.45, 2.75) is 63.3 Å². The van der Waals surface area contributed by atoms with Crippen molar-refractivity contribution < 1.29 is 9.90 Å². The molecule has 24 heavy (non-hydrogen) atoms. The van der Waals surface area contributed by atoms with Crippen LogP contribution in [0.15, 0.2) is 18.4 Å². The number of rotatable bonds is 2. The summed E-state index contributed by atoms with van der Waals surface area (Å²) in [6.07, 6.45) is 15.7. The molecule has 1 saturated carbocycles. The molecular weight excluding hydrogens is 302 g/mol. The van der Waals surface area contributed by atoms with Crippen LogP contribution in [0.3, 0.4) is 0 Å². The van der Waals surface area contributed by atoms with Gasteiger partial charge in [-0.2, -0.15) is 0 Å². The number of piperidine rings is 1. The Morgan fingerprint density at radius 3 is 2.79 bits per heavy atom. The van der Waals surface area contributed by atoms with Gasteiger partial charge in [0, 0.05) is 31.9 Å². The van der Waals surface area contributed by atoms with Crippen molar-refractivity contribution >= 4 is 5.91 Å². The topological polar surface area (TPSA) is 55.8 Å². The van der Waals surface area contributed by atoms with Gasteiger partial charge in [0.15, 0.2) is 0 Å². The van der Waals surface area contributed by atoms with Gasteiger partial charge in [-0.1, -0.05) is 6.08 Å². The lowest BCUT2D eigenvalue weighted by Gasteiger charge is -2.43. The van der Waals surface area contributed by atoms with Gasteiger partial charge in [-0.3, -0.25) is 9.69 Å². The molecule has 2 atom stereocenters. The van der Waals surface area contributed by atoms with Gasteiger partial charge in [0.05, 0.1) is 17.7 Å². The van der Waals surface area contributed by atoms with Crippen molar-refractivity contribution in [2.75, 3.05) is 19.6 Å². The minimum atomic E-state index is -0.186. The number of carbonyl (C=O) groups excluding carboxylic acids is 1. The van der Waals surface area contributed by atoms with Crippen LogP contribution < -0.4 is 5.32 Å². The second-order valence-corrected chi connectivity index (χ2v) is 7.85. The summed E-state index contributed by atoms with van der Waals surface area (Å²) in [5, 5.41) is 13.1. The number of hydrogen-bond donors (Lipinski definition) is 2. The highest BCUT2D eigenvalue weighted by Crippen LogP contribution is 2.42. The first-order chi connectivity index (χ1) is 11.7. The zero-order chi connectivity index (χ0) is 16.6. The predicted octanol–water partition coefficient (Wildman–Crippen LogP) is 1.41. The SMILES string of the molecule is O=C1N([C@H]2CC[C@H](O)CC2)CC[C@@]12CCCN(C1C=C[C]=CN1)C2. The number of allylic oxidation sites excluding steroid dienone is 2. The number of hydrogen-bond acceptors (Lipinski definition) is 4. The molecule has 1 amide bonds. The Morgan fingerprint density at radius 2 is 2.04 bits per heavy atom. The van der Waals surface area contributed by atoms with Crippen LogP contribution in [0.1, 0.15) is 44.9 Å². The number of nitrogens with zero attached hydrogens (tertiary/aromatic N) is 2. The fraction of sp³-hybridized carbons (Fsp3) is 0.737. The number of likely N-dealkylation sites (tertiary alicyclic amines) is 2. The lowest BCUT2D eigenvalue weighted by atomic mass is 9.78. The van der Waals surface area contributed by atoms with Crippen LogP contribution in [-0.2, 0) is 4.79 Å². The Labute approximate surface area is 144 Å². The molecule has 2 N–H and O–H groups in total. The summed E-state index contributed by atoms with van der Waals surface area (Å²) in [5.41, 5.74) is -0.186. The molecule has 0 aromatic carbocycles. The molecule has 0 aromatic rings. The van der Waals surface area contributed by atoms with Crippen molar-refractivity contribution in [3.63, 3.8) is 0 Å². The van der Waals surface area contributed by atoms with Gasteiger partial charge in [0.25, 0.3) is 0 Å². The van der Waals surface area contributed by atoms with E-state index in [-0.39, 0.29) is 17.7 Å². The Hall–Kier alpha value is -1.33. The smallest absolute Gasteiger partial charge is 0.230 e. The lowest BCUT2D eigenvalue weighted by molar-refractivity contribution is -0.142. The molecule has 5 nitrogen and oxygen atoms in total. The molecular formula is C19H28N3O2. The molecule has 4 rings (SSSR count). The maximum atomic E-state index is 13.3. The average molecular weight is 330 g/mol. The quantitative estimate of drug-likeness (QED) is 0.804. The summed E-state index contributed by atoms with van der Waals surface area (Å²) >= 11 is 0. The highest BCUT2D eigenvalue weighted by Gasteiger charge is 2.51. The van der Waals surface area contributed by atoms with E-state index in [1.807, 2.05) is 12.3 Å². The van der Waals surface area contributed by atoms with Gasteiger partial charge in [0.1, 0.15) is 0 Å². The number of aliphatic hydroxyl groups excluding tert-OH is 1. The first kappa shape index (κ1) is 16.2. The zero-order valence-corrected chi connectivity index (χ0v) is 14.3. The molecule has 3 heterocycles. The number of amides is 1. The van der Waals surface area contributed by atoms with Crippen LogP contribution in [0, 0.1) is 11.5 Å². The molecule has 3 aliphatic heterocycles. The Kier molecular flexibility index (Phi) is 4.39. The standard InChI is InChI=1S/C19H28N3O2/c23-16-7-5-15(6-8-16)22-13-10-19(18(22)24)9-3-12-21(14-19)17-4-1-2-11-20-17/h1,4,11,15-17,20,23H,3,5-10,12-14H2/t15-,16-,17?,19-/m1/s1. The summed E-state index contributed by atoms with van der Waals surface area (Å²) in [4.78, 5) is 17.8. The second kappa shape index (κ2) is 6.52. The van der Waals surface area contributed by atoms with Crippen molar-refractivity contribution in [3.05, 3.63) is 24.4 Å². The molecule has 2 saturated heterocycles. The average Bonchev–Trinajstić information content (AvgIpc) is 2.93. The fourth-order valence-electron chi connectivity index (χ4n) is 4.96. The Balaban J connectivity index is 1.44. The molecule has 1 spiro atoms. The minimum absolute atomic E-state index is 0.160. The van der Waals surface area contributed by atoms with E-state index >= 15 is 0 Å². The van der Waals surface area contributed by atoms with Crippen LogP contribution in [0.4, 0.5) is 0 Å². The molecule has 4 aliphatic rings. The molecule has 0 bridgehead atoms.